The van der Waals surface area contributed by atoms with Gasteiger partial charge in [-0.25, -0.2) is 13.6 Å². The number of urea groups is 1. The van der Waals surface area contributed by atoms with Crippen LogP contribution >= 0.6 is 0 Å². The van der Waals surface area contributed by atoms with Crippen LogP contribution in [0, 0.1) is 23.0 Å². The highest BCUT2D eigenvalue weighted by Gasteiger charge is 2.16. The number of carbonyl (C=O) groups excluding carboxylic acids is 1. The molecule has 90 valence electrons. The number of nitrogens with one attached hydrogen (secondary N) is 1. The summed E-state index contributed by atoms with van der Waals surface area (Å²) in [6.45, 7) is 1.53. The van der Waals surface area contributed by atoms with E-state index >= 15 is 0 Å². The lowest BCUT2D eigenvalue weighted by atomic mass is 10.3. The van der Waals surface area contributed by atoms with Gasteiger partial charge in [0.05, 0.1) is 11.8 Å². The van der Waals surface area contributed by atoms with E-state index in [0.29, 0.717) is 6.07 Å². The first-order valence-corrected chi connectivity index (χ1v) is 4.84. The summed E-state index contributed by atoms with van der Waals surface area (Å²) in [6, 6.07) is 3.41. The monoisotopic (exact) mass is 239 g/mol. The molecule has 0 saturated carbocycles. The minimum absolute atomic E-state index is 0.131. The Morgan fingerprint density at radius 3 is 2.71 bits per heavy atom. The third-order valence-electron chi connectivity index (χ3n) is 2.26. The molecule has 6 heteroatoms. The van der Waals surface area contributed by atoms with Gasteiger partial charge in [0.25, 0.3) is 0 Å². The lowest BCUT2D eigenvalue weighted by Gasteiger charge is -2.20. The van der Waals surface area contributed by atoms with Crippen LogP contribution in [0.5, 0.6) is 0 Å². The maximum atomic E-state index is 13.2. The van der Waals surface area contributed by atoms with Crippen LogP contribution in [0.1, 0.15) is 6.92 Å². The Morgan fingerprint density at radius 1 is 1.53 bits per heavy atom. The molecule has 0 aromatic heterocycles. The highest BCUT2D eigenvalue weighted by Crippen LogP contribution is 2.15. The predicted octanol–water partition coefficient (Wildman–Crippen LogP) is 2.34. The molecule has 1 N–H and O–H groups in total. The van der Waals surface area contributed by atoms with Crippen molar-refractivity contribution in [1.82, 2.24) is 4.90 Å². The summed E-state index contributed by atoms with van der Waals surface area (Å²) in [7, 11) is 1.41. The number of hydrogen-bond acceptors (Lipinski definition) is 2. The number of nitrogens with zero attached hydrogens (tertiary/aromatic N) is 2. The topological polar surface area (TPSA) is 56.1 Å². The Balaban J connectivity index is 2.78. The zero-order valence-electron chi connectivity index (χ0n) is 9.37. The van der Waals surface area contributed by atoms with Gasteiger partial charge in [0.1, 0.15) is 17.7 Å². The Kier molecular flexibility index (Phi) is 3.99. The molecule has 0 fully saturated rings. The van der Waals surface area contributed by atoms with E-state index in [1.165, 1.54) is 14.0 Å². The van der Waals surface area contributed by atoms with Gasteiger partial charge >= 0.3 is 6.03 Å². The van der Waals surface area contributed by atoms with Gasteiger partial charge in [-0.05, 0) is 19.1 Å². The largest absolute Gasteiger partial charge is 0.322 e. The summed E-state index contributed by atoms with van der Waals surface area (Å²) < 4.78 is 25.8. The van der Waals surface area contributed by atoms with Gasteiger partial charge in [-0.3, -0.25) is 0 Å². The first-order chi connectivity index (χ1) is 7.95. The average Bonchev–Trinajstić information content (AvgIpc) is 2.30. The highest BCUT2D eigenvalue weighted by atomic mass is 19.1. The lowest BCUT2D eigenvalue weighted by molar-refractivity contribution is 0.217. The molecular formula is C11H11F2N3O. The molecule has 1 atom stereocenters. The molecule has 0 heterocycles. The molecule has 1 unspecified atom stereocenters. The van der Waals surface area contributed by atoms with Gasteiger partial charge in [-0.2, -0.15) is 5.26 Å². The van der Waals surface area contributed by atoms with E-state index in [0.717, 1.165) is 17.0 Å². The van der Waals surface area contributed by atoms with Gasteiger partial charge in [0, 0.05) is 13.1 Å². The minimum Gasteiger partial charge on any atom is -0.312 e. The van der Waals surface area contributed by atoms with Crippen LogP contribution in [-0.2, 0) is 0 Å². The number of amides is 2. The third kappa shape index (κ3) is 3.14. The molecule has 0 aliphatic rings. The second-order valence-corrected chi connectivity index (χ2v) is 3.47. The zero-order chi connectivity index (χ0) is 13.0. The van der Waals surface area contributed by atoms with Gasteiger partial charge in [-0.15, -0.1) is 0 Å². The number of rotatable bonds is 2. The molecular weight excluding hydrogens is 228 g/mol. The first-order valence-electron chi connectivity index (χ1n) is 4.84. The summed E-state index contributed by atoms with van der Waals surface area (Å²) in [5.74, 6) is -1.59. The van der Waals surface area contributed by atoms with Gasteiger partial charge in [-0.1, -0.05) is 0 Å². The Morgan fingerprint density at radius 2 is 2.18 bits per heavy atom. The average molecular weight is 239 g/mol. The number of halogens is 2. The first kappa shape index (κ1) is 12.9. The van der Waals surface area contributed by atoms with Crippen molar-refractivity contribution in [1.29, 1.82) is 5.26 Å². The maximum absolute atomic E-state index is 13.2. The SMILES string of the molecule is CC(C#N)N(C)C(=O)Nc1ccc(F)cc1F. The minimum atomic E-state index is -0.864. The van der Waals surface area contributed by atoms with Crippen LogP contribution in [0.2, 0.25) is 0 Å². The molecule has 2 amide bonds. The van der Waals surface area contributed by atoms with Crippen molar-refractivity contribution < 1.29 is 13.6 Å². The maximum Gasteiger partial charge on any atom is 0.322 e. The van der Waals surface area contributed by atoms with Crippen LogP contribution in [0.4, 0.5) is 19.3 Å². The number of nitriles is 1. The second-order valence-electron chi connectivity index (χ2n) is 3.47. The van der Waals surface area contributed by atoms with E-state index < -0.39 is 23.7 Å². The predicted molar refractivity (Wildman–Crippen MR) is 58.2 cm³/mol. The van der Waals surface area contributed by atoms with Crippen LogP contribution in [0.15, 0.2) is 18.2 Å². The van der Waals surface area contributed by atoms with E-state index in [1.807, 2.05) is 6.07 Å². The van der Waals surface area contributed by atoms with Gasteiger partial charge in [0.2, 0.25) is 0 Å². The molecule has 0 aliphatic carbocycles. The fraction of sp³-hybridized carbons (Fsp3) is 0.273. The van der Waals surface area contributed by atoms with Crippen LogP contribution in [0.3, 0.4) is 0 Å². The van der Waals surface area contributed by atoms with E-state index in [2.05, 4.69) is 5.32 Å². The van der Waals surface area contributed by atoms with Crippen LogP contribution in [-0.4, -0.2) is 24.0 Å². The number of anilines is 1. The summed E-state index contributed by atoms with van der Waals surface area (Å²) in [5.41, 5.74) is -0.131. The van der Waals surface area contributed by atoms with Crippen molar-refractivity contribution in [2.24, 2.45) is 0 Å². The van der Waals surface area contributed by atoms with Crippen molar-refractivity contribution in [3.63, 3.8) is 0 Å². The molecule has 1 aromatic rings. The molecule has 1 aromatic carbocycles. The summed E-state index contributed by atoms with van der Waals surface area (Å²) in [4.78, 5) is 12.7. The van der Waals surface area contributed by atoms with Crippen molar-refractivity contribution in [2.75, 3.05) is 12.4 Å². The molecule has 0 saturated heterocycles. The molecule has 0 spiro atoms. The Labute approximate surface area is 97.5 Å². The summed E-state index contributed by atoms with van der Waals surface area (Å²) >= 11 is 0. The van der Waals surface area contributed by atoms with Crippen molar-refractivity contribution in [3.05, 3.63) is 29.8 Å². The van der Waals surface area contributed by atoms with Crippen molar-refractivity contribution in [3.8, 4) is 6.07 Å². The van der Waals surface area contributed by atoms with Gasteiger partial charge < -0.3 is 10.2 Å². The summed E-state index contributed by atoms with van der Waals surface area (Å²) in [5, 5.41) is 10.9. The standard InChI is InChI=1S/C11H11F2N3O/c1-7(6-14)16(2)11(17)15-10-4-3-8(12)5-9(10)13/h3-5,7H,1-2H3,(H,15,17). The highest BCUT2D eigenvalue weighted by molar-refractivity contribution is 5.89. The Hall–Kier alpha value is -2.16. The number of carbonyl (C=O) groups is 1. The summed E-state index contributed by atoms with van der Waals surface area (Å²) in [6.07, 6.45) is 0. The fourth-order valence-corrected chi connectivity index (χ4v) is 1.06. The van der Waals surface area contributed by atoms with E-state index in [9.17, 15) is 13.6 Å². The van der Waals surface area contributed by atoms with Crippen LogP contribution in [0.25, 0.3) is 0 Å². The molecule has 4 nitrogen and oxygen atoms in total. The van der Waals surface area contributed by atoms with Crippen molar-refractivity contribution >= 4 is 11.7 Å². The molecule has 17 heavy (non-hydrogen) atoms. The number of hydrogen-bond donors (Lipinski definition) is 1. The second kappa shape index (κ2) is 5.25. The molecule has 0 radical (unpaired) electrons. The van der Waals surface area contributed by atoms with Crippen molar-refractivity contribution in [2.45, 2.75) is 13.0 Å². The number of benzene rings is 1. The van der Waals surface area contributed by atoms with E-state index in [4.69, 9.17) is 5.26 Å². The van der Waals surface area contributed by atoms with Crippen LogP contribution < -0.4 is 5.32 Å². The zero-order valence-corrected chi connectivity index (χ0v) is 9.37. The van der Waals surface area contributed by atoms with E-state index in [-0.39, 0.29) is 5.69 Å². The molecule has 1 rings (SSSR count). The normalized spacial score (nSPS) is 11.5. The fourth-order valence-electron chi connectivity index (χ4n) is 1.06. The molecule has 0 bridgehead atoms. The van der Waals surface area contributed by atoms with E-state index in [1.54, 1.807) is 0 Å². The Bertz CT molecular complexity index is 470. The van der Waals surface area contributed by atoms with Gasteiger partial charge in [0.15, 0.2) is 0 Å². The smallest absolute Gasteiger partial charge is 0.312 e. The quantitative estimate of drug-likeness (QED) is 0.861. The third-order valence-corrected chi connectivity index (χ3v) is 2.26. The lowest BCUT2D eigenvalue weighted by Crippen LogP contribution is -2.37. The molecule has 0 aliphatic heterocycles.